The van der Waals surface area contributed by atoms with Crippen LogP contribution in [0.2, 0.25) is 0 Å². The highest BCUT2D eigenvalue weighted by Crippen LogP contribution is 2.16. The Morgan fingerprint density at radius 2 is 2.11 bits per heavy atom. The molecule has 112 valence electrons. The molecule has 0 saturated carbocycles. The Morgan fingerprint density at radius 3 is 2.53 bits per heavy atom. The Kier molecular flexibility index (Phi) is 5.34. The number of nitrogens with zero attached hydrogens (tertiary/aromatic N) is 1. The largest absolute Gasteiger partial charge is 0.349 e. The van der Waals surface area contributed by atoms with E-state index in [0.29, 0.717) is 19.5 Å². The number of hydrogen-bond acceptors (Lipinski definition) is 4. The fourth-order valence-corrected chi connectivity index (χ4v) is 3.51. The molecule has 1 atom stereocenters. The molecule has 3 N–H and O–H groups in total. The summed E-state index contributed by atoms with van der Waals surface area (Å²) in [7, 11) is -3.12. The van der Waals surface area contributed by atoms with E-state index in [9.17, 15) is 13.2 Å². The van der Waals surface area contributed by atoms with Crippen molar-refractivity contribution in [3.05, 3.63) is 0 Å². The molecule has 1 rings (SSSR count). The number of sulfonamides is 1. The zero-order chi connectivity index (χ0) is 14.7. The van der Waals surface area contributed by atoms with Crippen LogP contribution in [0.3, 0.4) is 0 Å². The number of amides is 1. The van der Waals surface area contributed by atoms with Gasteiger partial charge in [0.15, 0.2) is 0 Å². The highest BCUT2D eigenvalue weighted by Gasteiger charge is 2.31. The van der Waals surface area contributed by atoms with Crippen molar-refractivity contribution in [2.75, 3.05) is 25.4 Å². The Labute approximate surface area is 115 Å². The molecule has 19 heavy (non-hydrogen) atoms. The zero-order valence-corrected chi connectivity index (χ0v) is 12.8. The van der Waals surface area contributed by atoms with Crippen LogP contribution in [0.25, 0.3) is 0 Å². The highest BCUT2D eigenvalue weighted by molar-refractivity contribution is 7.89. The fraction of sp³-hybridized carbons (Fsp3) is 0.917. The molecule has 0 aromatic heterocycles. The average Bonchev–Trinajstić information content (AvgIpc) is 2.65. The Balaban J connectivity index is 2.48. The molecule has 6 nitrogen and oxygen atoms in total. The lowest BCUT2D eigenvalue weighted by Crippen LogP contribution is -2.55. The molecule has 0 spiro atoms. The Morgan fingerprint density at radius 1 is 1.47 bits per heavy atom. The van der Waals surface area contributed by atoms with Gasteiger partial charge in [0.2, 0.25) is 15.9 Å². The second-order valence-corrected chi connectivity index (χ2v) is 7.73. The Bertz CT molecular complexity index is 422. The van der Waals surface area contributed by atoms with E-state index in [4.69, 9.17) is 5.73 Å². The lowest BCUT2D eigenvalue weighted by Gasteiger charge is -2.33. The molecular formula is C12H25N3O3S. The van der Waals surface area contributed by atoms with Gasteiger partial charge in [0.1, 0.15) is 0 Å². The van der Waals surface area contributed by atoms with Crippen LogP contribution < -0.4 is 11.1 Å². The molecule has 0 aromatic carbocycles. The van der Waals surface area contributed by atoms with Crippen molar-refractivity contribution in [2.45, 2.75) is 39.2 Å². The first kappa shape index (κ1) is 16.4. The molecule has 1 heterocycles. The summed E-state index contributed by atoms with van der Waals surface area (Å²) in [6.07, 6.45) is 0.831. The summed E-state index contributed by atoms with van der Waals surface area (Å²) in [5.41, 5.74) is 5.25. The maximum Gasteiger partial charge on any atom is 0.221 e. The third kappa shape index (κ3) is 4.15. The minimum atomic E-state index is -3.12. The van der Waals surface area contributed by atoms with E-state index in [1.165, 1.54) is 4.31 Å². The van der Waals surface area contributed by atoms with Crippen LogP contribution in [0.1, 0.15) is 33.6 Å². The van der Waals surface area contributed by atoms with Crippen molar-refractivity contribution in [1.82, 2.24) is 9.62 Å². The summed E-state index contributed by atoms with van der Waals surface area (Å²) in [6, 6.07) is 0. The first-order valence-electron chi connectivity index (χ1n) is 6.70. The molecule has 0 bridgehead atoms. The molecule has 0 radical (unpaired) electrons. The van der Waals surface area contributed by atoms with Gasteiger partial charge in [-0.3, -0.25) is 4.79 Å². The van der Waals surface area contributed by atoms with Gasteiger partial charge in [-0.1, -0.05) is 13.8 Å². The van der Waals surface area contributed by atoms with Gasteiger partial charge in [0, 0.05) is 26.1 Å². The van der Waals surface area contributed by atoms with Crippen molar-refractivity contribution in [2.24, 2.45) is 11.7 Å². The van der Waals surface area contributed by atoms with Crippen molar-refractivity contribution in [3.8, 4) is 0 Å². The third-order valence-corrected chi connectivity index (χ3v) is 5.87. The topological polar surface area (TPSA) is 92.5 Å². The lowest BCUT2D eigenvalue weighted by atomic mass is 9.88. The van der Waals surface area contributed by atoms with Gasteiger partial charge < -0.3 is 11.1 Å². The van der Waals surface area contributed by atoms with Gasteiger partial charge in [-0.05, 0) is 19.3 Å². The lowest BCUT2D eigenvalue weighted by molar-refractivity contribution is -0.123. The summed E-state index contributed by atoms with van der Waals surface area (Å²) in [4.78, 5) is 11.9. The minimum Gasteiger partial charge on any atom is -0.349 e. The highest BCUT2D eigenvalue weighted by atomic mass is 32.2. The number of nitrogens with two attached hydrogens (primary N) is 1. The number of hydrogen-bond donors (Lipinski definition) is 2. The second-order valence-electron chi connectivity index (χ2n) is 5.64. The van der Waals surface area contributed by atoms with E-state index in [2.05, 4.69) is 5.32 Å². The van der Waals surface area contributed by atoms with E-state index >= 15 is 0 Å². The first-order chi connectivity index (χ1) is 8.71. The fourth-order valence-electron chi connectivity index (χ4n) is 1.98. The van der Waals surface area contributed by atoms with E-state index in [0.717, 1.165) is 0 Å². The number of nitrogens with one attached hydrogen (secondary N) is 1. The summed E-state index contributed by atoms with van der Waals surface area (Å²) < 4.78 is 24.6. The van der Waals surface area contributed by atoms with E-state index in [1.807, 2.05) is 20.8 Å². The third-order valence-electron chi connectivity index (χ3n) is 3.91. The SMILES string of the molecule is CC(C)C(C)(CN)NC(=O)CCN1CCCS1(=O)=O. The summed E-state index contributed by atoms with van der Waals surface area (Å²) >= 11 is 0. The minimum absolute atomic E-state index is 0.149. The zero-order valence-electron chi connectivity index (χ0n) is 12.0. The van der Waals surface area contributed by atoms with Crippen LogP contribution in [0.5, 0.6) is 0 Å². The molecule has 1 fully saturated rings. The van der Waals surface area contributed by atoms with Crippen LogP contribution in [0.15, 0.2) is 0 Å². The average molecular weight is 291 g/mol. The van der Waals surface area contributed by atoms with Crippen molar-refractivity contribution < 1.29 is 13.2 Å². The Hall–Kier alpha value is -0.660. The number of rotatable bonds is 6. The van der Waals surface area contributed by atoms with Crippen molar-refractivity contribution >= 4 is 15.9 Å². The molecule has 0 aliphatic carbocycles. The van der Waals surface area contributed by atoms with Gasteiger partial charge in [-0.25, -0.2) is 12.7 Å². The van der Waals surface area contributed by atoms with Gasteiger partial charge in [-0.2, -0.15) is 0 Å². The summed E-state index contributed by atoms with van der Waals surface area (Å²) in [5, 5.41) is 2.91. The van der Waals surface area contributed by atoms with Gasteiger partial charge >= 0.3 is 0 Å². The predicted octanol–water partition coefficient (Wildman–Crippen LogP) is -0.0984. The molecular weight excluding hydrogens is 266 g/mol. The number of carbonyl (C=O) groups excluding carboxylic acids is 1. The van der Waals surface area contributed by atoms with Crippen LogP contribution in [-0.4, -0.2) is 49.6 Å². The van der Waals surface area contributed by atoms with Crippen LogP contribution in [0, 0.1) is 5.92 Å². The monoisotopic (exact) mass is 291 g/mol. The normalized spacial score (nSPS) is 22.4. The summed E-state index contributed by atoms with van der Waals surface area (Å²) in [5.74, 6) is 0.266. The maximum absolute atomic E-state index is 11.9. The molecule has 1 unspecified atom stereocenters. The van der Waals surface area contributed by atoms with E-state index < -0.39 is 15.6 Å². The van der Waals surface area contributed by atoms with Crippen LogP contribution >= 0.6 is 0 Å². The van der Waals surface area contributed by atoms with Crippen molar-refractivity contribution in [1.29, 1.82) is 0 Å². The molecule has 1 amide bonds. The molecule has 1 aliphatic heterocycles. The van der Waals surface area contributed by atoms with Crippen molar-refractivity contribution in [3.63, 3.8) is 0 Å². The predicted molar refractivity (Wildman–Crippen MR) is 75.0 cm³/mol. The molecule has 1 saturated heterocycles. The van der Waals surface area contributed by atoms with Gasteiger partial charge in [0.25, 0.3) is 0 Å². The quantitative estimate of drug-likeness (QED) is 0.715. The van der Waals surface area contributed by atoms with Crippen LogP contribution in [0.4, 0.5) is 0 Å². The standard InChI is InChI=1S/C12H25N3O3S/c1-10(2)12(3,9-13)14-11(16)5-7-15-6-4-8-19(15,17)18/h10H,4-9,13H2,1-3H3,(H,14,16). The van der Waals surface area contributed by atoms with E-state index in [-0.39, 0.29) is 30.5 Å². The molecule has 0 aromatic rings. The smallest absolute Gasteiger partial charge is 0.221 e. The first-order valence-corrected chi connectivity index (χ1v) is 8.31. The van der Waals surface area contributed by atoms with Gasteiger partial charge in [0.05, 0.1) is 11.3 Å². The molecule has 7 heteroatoms. The van der Waals surface area contributed by atoms with Gasteiger partial charge in [-0.15, -0.1) is 0 Å². The molecule has 1 aliphatic rings. The van der Waals surface area contributed by atoms with E-state index in [1.54, 1.807) is 0 Å². The number of carbonyl (C=O) groups is 1. The maximum atomic E-state index is 11.9. The van der Waals surface area contributed by atoms with Crippen LogP contribution in [-0.2, 0) is 14.8 Å². The second kappa shape index (κ2) is 6.19. The summed E-state index contributed by atoms with van der Waals surface area (Å²) in [6.45, 7) is 7.04.